The minimum atomic E-state index is -4.39. The summed E-state index contributed by atoms with van der Waals surface area (Å²) in [5.41, 5.74) is 0.508. The summed E-state index contributed by atoms with van der Waals surface area (Å²) >= 11 is 0. The molecule has 0 aliphatic rings. The molecule has 0 saturated carbocycles. The molecule has 1 unspecified atom stereocenters. The highest BCUT2D eigenvalue weighted by molar-refractivity contribution is 5.73. The smallest absolute Gasteiger partial charge is 0.338 e. The summed E-state index contributed by atoms with van der Waals surface area (Å²) in [7, 11) is 3.64. The Balaban J connectivity index is 1.84. The van der Waals surface area contributed by atoms with Crippen molar-refractivity contribution in [2.75, 3.05) is 27.2 Å². The number of halogens is 4. The van der Waals surface area contributed by atoms with E-state index in [0.717, 1.165) is 17.7 Å². The fraction of sp³-hybridized carbons (Fsp3) is 0.350. The molecule has 8 heteroatoms. The van der Waals surface area contributed by atoms with E-state index in [1.807, 2.05) is 19.0 Å². The van der Waals surface area contributed by atoms with Gasteiger partial charge in [0.15, 0.2) is 0 Å². The number of alkyl halides is 3. The summed E-state index contributed by atoms with van der Waals surface area (Å²) in [6.07, 6.45) is -4.11. The normalized spacial score (nSPS) is 12.7. The Bertz CT molecular complexity index is 793. The van der Waals surface area contributed by atoms with Gasteiger partial charge in [0.05, 0.1) is 11.6 Å². The second-order valence-corrected chi connectivity index (χ2v) is 6.62. The third-order valence-electron chi connectivity index (χ3n) is 4.27. The van der Waals surface area contributed by atoms with Crippen molar-refractivity contribution in [2.45, 2.75) is 18.6 Å². The molecule has 0 aliphatic heterocycles. The summed E-state index contributed by atoms with van der Waals surface area (Å²) in [4.78, 5) is 13.8. The Labute approximate surface area is 161 Å². The number of hydrogen-bond acceptors (Lipinski definition) is 2. The van der Waals surface area contributed by atoms with Crippen LogP contribution in [0.25, 0.3) is 0 Å². The van der Waals surface area contributed by atoms with Crippen molar-refractivity contribution in [3.8, 4) is 0 Å². The van der Waals surface area contributed by atoms with Crippen molar-refractivity contribution in [1.82, 2.24) is 15.5 Å². The topological polar surface area (TPSA) is 44.4 Å². The van der Waals surface area contributed by atoms with Crippen LogP contribution in [0.15, 0.2) is 48.5 Å². The van der Waals surface area contributed by atoms with Crippen LogP contribution in [0.2, 0.25) is 0 Å². The largest absolute Gasteiger partial charge is 0.416 e. The van der Waals surface area contributed by atoms with Gasteiger partial charge in [0, 0.05) is 13.1 Å². The lowest BCUT2D eigenvalue weighted by molar-refractivity contribution is -0.137. The molecule has 4 nitrogen and oxygen atoms in total. The van der Waals surface area contributed by atoms with Crippen molar-refractivity contribution in [3.05, 3.63) is 71.0 Å². The van der Waals surface area contributed by atoms with E-state index in [1.165, 1.54) is 18.2 Å². The SMILES string of the molecule is CN(C)C(CNC(=O)NCCc1cccc(C(F)(F)F)c1)c1cccc(F)c1. The molecule has 0 bridgehead atoms. The zero-order chi connectivity index (χ0) is 20.7. The highest BCUT2D eigenvalue weighted by Gasteiger charge is 2.30. The van der Waals surface area contributed by atoms with Crippen molar-refractivity contribution < 1.29 is 22.4 Å². The Hall–Kier alpha value is -2.61. The van der Waals surface area contributed by atoms with Gasteiger partial charge in [0.2, 0.25) is 0 Å². The number of benzene rings is 2. The van der Waals surface area contributed by atoms with E-state index in [9.17, 15) is 22.4 Å². The summed E-state index contributed by atoms with van der Waals surface area (Å²) < 4.78 is 51.6. The van der Waals surface area contributed by atoms with Gasteiger partial charge in [0.25, 0.3) is 0 Å². The average Bonchev–Trinajstić information content (AvgIpc) is 2.61. The molecule has 1 atom stereocenters. The molecular formula is C20H23F4N3O. The highest BCUT2D eigenvalue weighted by atomic mass is 19.4. The van der Waals surface area contributed by atoms with Gasteiger partial charge in [-0.3, -0.25) is 0 Å². The van der Waals surface area contributed by atoms with Gasteiger partial charge in [-0.15, -0.1) is 0 Å². The zero-order valence-corrected chi connectivity index (χ0v) is 15.7. The van der Waals surface area contributed by atoms with E-state index in [0.29, 0.717) is 5.56 Å². The number of rotatable bonds is 7. The Morgan fingerprint density at radius 1 is 1.07 bits per heavy atom. The standard InChI is InChI=1S/C20H23F4N3O/c1-27(2)18(15-6-4-8-17(21)12-15)13-26-19(28)25-10-9-14-5-3-7-16(11-14)20(22,23)24/h3-8,11-12,18H,9-10,13H2,1-2H3,(H2,25,26,28). The number of likely N-dealkylation sites (N-methyl/N-ethyl adjacent to an activating group) is 1. The molecule has 28 heavy (non-hydrogen) atoms. The number of hydrogen-bond donors (Lipinski definition) is 2. The first-order valence-corrected chi connectivity index (χ1v) is 8.76. The minimum Gasteiger partial charge on any atom is -0.338 e. The molecule has 2 amide bonds. The Kier molecular flexibility index (Phi) is 7.39. The average molecular weight is 397 g/mol. The zero-order valence-electron chi connectivity index (χ0n) is 15.7. The molecule has 0 aliphatic carbocycles. The van der Waals surface area contributed by atoms with Crippen LogP contribution in [0.3, 0.4) is 0 Å². The predicted molar refractivity (Wildman–Crippen MR) is 99.4 cm³/mol. The molecule has 0 saturated heterocycles. The number of carbonyl (C=O) groups is 1. The highest BCUT2D eigenvalue weighted by Crippen LogP contribution is 2.29. The van der Waals surface area contributed by atoms with Gasteiger partial charge in [-0.25, -0.2) is 9.18 Å². The molecule has 2 aromatic carbocycles. The van der Waals surface area contributed by atoms with Crippen LogP contribution in [0.4, 0.5) is 22.4 Å². The molecule has 2 aromatic rings. The summed E-state index contributed by atoms with van der Waals surface area (Å²) in [5, 5.41) is 5.33. The molecule has 0 heterocycles. The van der Waals surface area contributed by atoms with Gasteiger partial charge in [-0.1, -0.05) is 30.3 Å². The van der Waals surface area contributed by atoms with Crippen molar-refractivity contribution in [2.24, 2.45) is 0 Å². The van der Waals surface area contributed by atoms with Crippen LogP contribution in [0, 0.1) is 5.82 Å². The van der Waals surface area contributed by atoms with Crippen LogP contribution in [0.1, 0.15) is 22.7 Å². The van der Waals surface area contributed by atoms with E-state index in [4.69, 9.17) is 0 Å². The monoisotopic (exact) mass is 397 g/mol. The van der Waals surface area contributed by atoms with Crippen LogP contribution in [0.5, 0.6) is 0 Å². The predicted octanol–water partition coefficient (Wildman–Crippen LogP) is 3.99. The van der Waals surface area contributed by atoms with Crippen LogP contribution >= 0.6 is 0 Å². The van der Waals surface area contributed by atoms with Gasteiger partial charge < -0.3 is 15.5 Å². The quantitative estimate of drug-likeness (QED) is 0.694. The molecule has 0 fully saturated rings. The molecular weight excluding hydrogens is 374 g/mol. The number of amides is 2. The second-order valence-electron chi connectivity index (χ2n) is 6.62. The van der Waals surface area contributed by atoms with E-state index in [2.05, 4.69) is 10.6 Å². The maximum absolute atomic E-state index is 13.4. The second kappa shape index (κ2) is 9.54. The Morgan fingerprint density at radius 2 is 1.79 bits per heavy atom. The van der Waals surface area contributed by atoms with Crippen LogP contribution in [-0.4, -0.2) is 38.1 Å². The number of nitrogens with one attached hydrogen (secondary N) is 2. The first-order valence-electron chi connectivity index (χ1n) is 8.76. The number of carbonyl (C=O) groups excluding carboxylic acids is 1. The lowest BCUT2D eigenvalue weighted by Crippen LogP contribution is -2.41. The lowest BCUT2D eigenvalue weighted by Gasteiger charge is -2.25. The molecule has 0 spiro atoms. The van der Waals surface area contributed by atoms with Crippen molar-refractivity contribution in [3.63, 3.8) is 0 Å². The van der Waals surface area contributed by atoms with Gasteiger partial charge in [-0.2, -0.15) is 13.2 Å². The van der Waals surface area contributed by atoms with Gasteiger partial charge in [0.1, 0.15) is 5.82 Å². The lowest BCUT2D eigenvalue weighted by atomic mass is 10.1. The first-order chi connectivity index (χ1) is 13.2. The summed E-state index contributed by atoms with van der Waals surface area (Å²) in [5.74, 6) is -0.352. The van der Waals surface area contributed by atoms with Gasteiger partial charge in [-0.05, 0) is 49.8 Å². The summed E-state index contributed by atoms with van der Waals surface area (Å²) in [6, 6.07) is 10.5. The molecule has 2 N–H and O–H groups in total. The number of nitrogens with zero attached hydrogens (tertiary/aromatic N) is 1. The summed E-state index contributed by atoms with van der Waals surface area (Å²) in [6.45, 7) is 0.450. The molecule has 2 rings (SSSR count). The van der Waals surface area contributed by atoms with Crippen LogP contribution < -0.4 is 10.6 Å². The minimum absolute atomic E-state index is 0.194. The van der Waals surface area contributed by atoms with E-state index in [-0.39, 0.29) is 31.4 Å². The third-order valence-corrected chi connectivity index (χ3v) is 4.27. The fourth-order valence-electron chi connectivity index (χ4n) is 2.79. The Morgan fingerprint density at radius 3 is 2.43 bits per heavy atom. The molecule has 0 radical (unpaired) electrons. The number of urea groups is 1. The van der Waals surface area contributed by atoms with Gasteiger partial charge >= 0.3 is 12.2 Å². The third kappa shape index (κ3) is 6.53. The van der Waals surface area contributed by atoms with E-state index >= 15 is 0 Å². The van der Waals surface area contributed by atoms with E-state index in [1.54, 1.807) is 18.2 Å². The first kappa shape index (κ1) is 21.7. The fourth-order valence-corrected chi connectivity index (χ4v) is 2.79. The maximum Gasteiger partial charge on any atom is 0.416 e. The molecule has 152 valence electrons. The van der Waals surface area contributed by atoms with E-state index < -0.39 is 17.8 Å². The molecule has 0 aromatic heterocycles. The maximum atomic E-state index is 13.4. The van der Waals surface area contributed by atoms with Crippen LogP contribution in [-0.2, 0) is 12.6 Å². The van der Waals surface area contributed by atoms with Crippen molar-refractivity contribution >= 4 is 6.03 Å². The van der Waals surface area contributed by atoms with Crippen molar-refractivity contribution in [1.29, 1.82) is 0 Å².